The third-order valence-electron chi connectivity index (χ3n) is 4.18. The molecular formula is C27H43ClO. The van der Waals surface area contributed by atoms with Gasteiger partial charge in [0, 0.05) is 10.6 Å². The molecule has 1 nitrogen and oxygen atoms in total. The molecule has 0 heterocycles. The van der Waals surface area contributed by atoms with Crippen molar-refractivity contribution in [2.45, 2.75) is 93.4 Å². The minimum Gasteiger partial charge on any atom is -0.295 e. The molecule has 164 valence electrons. The second-order valence-electron chi connectivity index (χ2n) is 6.81. The van der Waals surface area contributed by atoms with Crippen LogP contribution in [0.3, 0.4) is 0 Å². The first-order chi connectivity index (χ1) is 14.0. The predicted octanol–water partition coefficient (Wildman–Crippen LogP) is 9.49. The average molecular weight is 419 g/mol. The number of benzene rings is 2. The van der Waals surface area contributed by atoms with E-state index in [9.17, 15) is 4.79 Å². The van der Waals surface area contributed by atoms with Crippen LogP contribution in [0.5, 0.6) is 0 Å². The van der Waals surface area contributed by atoms with Crippen molar-refractivity contribution >= 4 is 17.4 Å². The van der Waals surface area contributed by atoms with Crippen LogP contribution in [0.25, 0.3) is 0 Å². The number of halogens is 1. The zero-order valence-corrected chi connectivity index (χ0v) is 20.6. The summed E-state index contributed by atoms with van der Waals surface area (Å²) < 4.78 is 0. The summed E-state index contributed by atoms with van der Waals surface area (Å²) in [6.07, 6.45) is 9.26. The van der Waals surface area contributed by atoms with Gasteiger partial charge < -0.3 is 0 Å². The third-order valence-corrected chi connectivity index (χ3v) is 4.61. The van der Waals surface area contributed by atoms with Crippen molar-refractivity contribution < 1.29 is 4.79 Å². The highest BCUT2D eigenvalue weighted by molar-refractivity contribution is 6.31. The van der Waals surface area contributed by atoms with Gasteiger partial charge in [-0.25, -0.2) is 0 Å². The summed E-state index contributed by atoms with van der Waals surface area (Å²) in [4.78, 5) is 10.9. The first kappa shape index (κ1) is 29.6. The number of carbonyl (C=O) groups excluding carboxylic acids is 1. The standard InChI is InChI=1S/C11H14O.C7H7Cl.C7H16.C2H6/c1-3-4-10-5-7-11(8-6-10)9(2)12;1-6-4-2-3-5-7(6)8;1-3-5-7-6-4-2;1-2/h5-8H,3-4H2,1-2H3;2-5H,1H3;3-7H2,1-2H3;1-2H3. The molecule has 0 aliphatic rings. The SMILES string of the molecule is CC.CCCCCCC.CCCc1ccc(C(C)=O)cc1.Cc1ccccc1Cl. The third kappa shape index (κ3) is 17.0. The van der Waals surface area contributed by atoms with Gasteiger partial charge in [-0.1, -0.05) is 127 Å². The number of unbranched alkanes of at least 4 members (excludes halogenated alkanes) is 4. The van der Waals surface area contributed by atoms with Gasteiger partial charge in [0.25, 0.3) is 0 Å². The molecule has 0 saturated heterocycles. The summed E-state index contributed by atoms with van der Waals surface area (Å²) in [6.45, 7) is 14.2. The monoisotopic (exact) mass is 418 g/mol. The molecule has 0 saturated carbocycles. The fraction of sp³-hybridized carbons (Fsp3) is 0.519. The molecule has 0 fully saturated rings. The zero-order valence-electron chi connectivity index (χ0n) is 19.9. The van der Waals surface area contributed by atoms with Crippen LogP contribution >= 0.6 is 11.6 Å². The molecule has 0 spiro atoms. The Labute approximate surface area is 185 Å². The van der Waals surface area contributed by atoms with E-state index in [4.69, 9.17) is 11.6 Å². The molecule has 0 atom stereocenters. The predicted molar refractivity (Wildman–Crippen MR) is 132 cm³/mol. The lowest BCUT2D eigenvalue weighted by Gasteiger charge is -1.99. The highest BCUT2D eigenvalue weighted by Gasteiger charge is 1.97. The van der Waals surface area contributed by atoms with Gasteiger partial charge in [0.15, 0.2) is 5.78 Å². The highest BCUT2D eigenvalue weighted by Crippen LogP contribution is 2.12. The van der Waals surface area contributed by atoms with E-state index in [0.29, 0.717) is 0 Å². The van der Waals surface area contributed by atoms with Gasteiger partial charge in [0.1, 0.15) is 0 Å². The Hall–Kier alpha value is -1.60. The van der Waals surface area contributed by atoms with Crippen molar-refractivity contribution in [2.24, 2.45) is 0 Å². The van der Waals surface area contributed by atoms with Crippen LogP contribution in [0.2, 0.25) is 5.02 Å². The van der Waals surface area contributed by atoms with Crippen molar-refractivity contribution in [1.82, 2.24) is 0 Å². The van der Waals surface area contributed by atoms with Crippen molar-refractivity contribution in [3.05, 3.63) is 70.2 Å². The summed E-state index contributed by atoms with van der Waals surface area (Å²) in [5, 5.41) is 0.840. The molecule has 2 aromatic carbocycles. The van der Waals surface area contributed by atoms with Gasteiger partial charge in [0.05, 0.1) is 0 Å². The molecule has 0 N–H and O–H groups in total. The Morgan fingerprint density at radius 2 is 1.31 bits per heavy atom. The molecule has 0 bridgehead atoms. The summed E-state index contributed by atoms with van der Waals surface area (Å²) in [7, 11) is 0. The van der Waals surface area contributed by atoms with E-state index in [1.807, 2.05) is 69.3 Å². The highest BCUT2D eigenvalue weighted by atomic mass is 35.5. The van der Waals surface area contributed by atoms with Gasteiger partial charge in [0.2, 0.25) is 0 Å². The molecule has 2 aromatic rings. The maximum atomic E-state index is 10.9. The van der Waals surface area contributed by atoms with E-state index in [-0.39, 0.29) is 5.78 Å². The van der Waals surface area contributed by atoms with Gasteiger partial charge in [-0.05, 0) is 37.5 Å². The van der Waals surface area contributed by atoms with Crippen LogP contribution in [0.15, 0.2) is 48.5 Å². The topological polar surface area (TPSA) is 17.1 Å². The zero-order chi connectivity index (χ0) is 22.5. The van der Waals surface area contributed by atoms with Crippen LogP contribution in [-0.4, -0.2) is 5.78 Å². The fourth-order valence-corrected chi connectivity index (χ4v) is 2.56. The largest absolute Gasteiger partial charge is 0.295 e. The van der Waals surface area contributed by atoms with E-state index >= 15 is 0 Å². The second-order valence-corrected chi connectivity index (χ2v) is 7.22. The molecule has 0 aliphatic heterocycles. The quantitative estimate of drug-likeness (QED) is 0.323. The van der Waals surface area contributed by atoms with Gasteiger partial charge in [-0.15, -0.1) is 0 Å². The molecular weight excluding hydrogens is 376 g/mol. The maximum Gasteiger partial charge on any atom is 0.159 e. The molecule has 2 rings (SSSR count). The van der Waals surface area contributed by atoms with Crippen molar-refractivity contribution in [1.29, 1.82) is 0 Å². The summed E-state index contributed by atoms with van der Waals surface area (Å²) in [5.41, 5.74) is 3.24. The van der Waals surface area contributed by atoms with Crippen LogP contribution in [-0.2, 0) is 6.42 Å². The van der Waals surface area contributed by atoms with Crippen LogP contribution in [0.1, 0.15) is 102 Å². The van der Waals surface area contributed by atoms with Crippen LogP contribution in [0.4, 0.5) is 0 Å². The fourth-order valence-electron chi connectivity index (χ4n) is 2.42. The number of rotatable bonds is 7. The minimum absolute atomic E-state index is 0.137. The molecule has 0 unspecified atom stereocenters. The second kappa shape index (κ2) is 21.1. The number of hydrogen-bond donors (Lipinski definition) is 0. The number of aryl methyl sites for hydroxylation is 2. The van der Waals surface area contributed by atoms with Crippen LogP contribution < -0.4 is 0 Å². The van der Waals surface area contributed by atoms with E-state index in [2.05, 4.69) is 20.8 Å². The smallest absolute Gasteiger partial charge is 0.159 e. The average Bonchev–Trinajstić information content (AvgIpc) is 2.74. The van der Waals surface area contributed by atoms with Gasteiger partial charge in [-0.3, -0.25) is 4.79 Å². The van der Waals surface area contributed by atoms with E-state index in [1.165, 1.54) is 37.7 Å². The van der Waals surface area contributed by atoms with Crippen molar-refractivity contribution in [3.63, 3.8) is 0 Å². The Balaban J connectivity index is 0. The molecule has 2 heteroatoms. The number of Topliss-reactive ketones (excluding diaryl/α,β-unsaturated/α-hetero) is 1. The number of carbonyl (C=O) groups is 1. The Bertz CT molecular complexity index is 592. The lowest BCUT2D eigenvalue weighted by Crippen LogP contribution is -1.91. The number of hydrogen-bond acceptors (Lipinski definition) is 1. The molecule has 0 aromatic heterocycles. The van der Waals surface area contributed by atoms with Crippen molar-refractivity contribution in [3.8, 4) is 0 Å². The minimum atomic E-state index is 0.137. The normalized spacial score (nSPS) is 9.10. The van der Waals surface area contributed by atoms with Crippen LogP contribution in [0, 0.1) is 6.92 Å². The Morgan fingerprint density at radius 3 is 1.66 bits per heavy atom. The van der Waals surface area contributed by atoms with Gasteiger partial charge >= 0.3 is 0 Å². The number of ketones is 1. The lowest BCUT2D eigenvalue weighted by atomic mass is 10.1. The molecule has 0 aliphatic carbocycles. The Kier molecular flexibility index (Phi) is 21.6. The summed E-state index contributed by atoms with van der Waals surface area (Å²) in [5.74, 6) is 0.137. The van der Waals surface area contributed by atoms with Gasteiger partial charge in [-0.2, -0.15) is 0 Å². The maximum absolute atomic E-state index is 10.9. The Morgan fingerprint density at radius 1 is 0.793 bits per heavy atom. The van der Waals surface area contributed by atoms with Crippen molar-refractivity contribution in [2.75, 3.05) is 0 Å². The summed E-state index contributed by atoms with van der Waals surface area (Å²) >= 11 is 5.71. The molecule has 0 radical (unpaired) electrons. The molecule has 0 amide bonds. The first-order valence-electron chi connectivity index (χ1n) is 11.3. The lowest BCUT2D eigenvalue weighted by molar-refractivity contribution is 0.101. The van der Waals surface area contributed by atoms with E-state index in [1.54, 1.807) is 6.92 Å². The first-order valence-corrected chi connectivity index (χ1v) is 11.6. The summed E-state index contributed by atoms with van der Waals surface area (Å²) in [6, 6.07) is 15.6. The molecule has 29 heavy (non-hydrogen) atoms. The van der Waals surface area contributed by atoms with E-state index < -0.39 is 0 Å². The van der Waals surface area contributed by atoms with E-state index in [0.717, 1.165) is 29.0 Å².